The van der Waals surface area contributed by atoms with Crippen LogP contribution in [0.15, 0.2) is 29.8 Å². The molecule has 5 nitrogen and oxygen atoms in total. The normalized spacial score (nSPS) is 13.3. The van der Waals surface area contributed by atoms with Crippen LogP contribution < -0.4 is 10.1 Å². The molecule has 0 aliphatic rings. The number of thiazole rings is 1. The quantitative estimate of drug-likeness (QED) is 0.373. The van der Waals surface area contributed by atoms with Crippen LogP contribution in [0.25, 0.3) is 0 Å². The Kier molecular flexibility index (Phi) is 7.45. The van der Waals surface area contributed by atoms with Gasteiger partial charge in [0, 0.05) is 20.7 Å². The molecule has 1 unspecified atom stereocenters. The molecule has 1 heterocycles. The SMILES string of the molecule is CC(CO[Si](C)(C)C(C)(C)C)Oc1cc(I)cc(C(=O)Nc2nccs2)c1. The van der Waals surface area contributed by atoms with Crippen molar-refractivity contribution in [3.63, 3.8) is 0 Å². The third kappa shape index (κ3) is 6.55. The summed E-state index contributed by atoms with van der Waals surface area (Å²) in [6.45, 7) is 13.6. The average Bonchev–Trinajstić information content (AvgIpc) is 3.04. The highest BCUT2D eigenvalue weighted by Gasteiger charge is 2.37. The van der Waals surface area contributed by atoms with Gasteiger partial charge in [-0.25, -0.2) is 4.98 Å². The minimum atomic E-state index is -1.81. The zero-order chi connectivity index (χ0) is 20.2. The maximum absolute atomic E-state index is 12.4. The van der Waals surface area contributed by atoms with E-state index in [1.54, 1.807) is 12.3 Å². The molecular formula is C19H27IN2O3SSi. The average molecular weight is 518 g/mol. The molecule has 148 valence electrons. The molecule has 1 aromatic carbocycles. The molecule has 1 N–H and O–H groups in total. The Morgan fingerprint density at radius 3 is 2.63 bits per heavy atom. The number of benzene rings is 1. The maximum atomic E-state index is 12.4. The number of ether oxygens (including phenoxy) is 1. The van der Waals surface area contributed by atoms with E-state index in [0.717, 1.165) is 3.57 Å². The summed E-state index contributed by atoms with van der Waals surface area (Å²) in [6, 6.07) is 5.50. The van der Waals surface area contributed by atoms with Crippen molar-refractivity contribution in [2.75, 3.05) is 11.9 Å². The third-order valence-electron chi connectivity index (χ3n) is 4.61. The summed E-state index contributed by atoms with van der Waals surface area (Å²) in [5, 5.41) is 5.36. The Morgan fingerprint density at radius 1 is 1.33 bits per heavy atom. The van der Waals surface area contributed by atoms with Gasteiger partial charge in [-0.05, 0) is 65.8 Å². The van der Waals surface area contributed by atoms with Gasteiger partial charge in [-0.2, -0.15) is 0 Å². The Balaban J connectivity index is 2.02. The van der Waals surface area contributed by atoms with Crippen molar-refractivity contribution in [1.29, 1.82) is 0 Å². The largest absolute Gasteiger partial charge is 0.488 e. The minimum absolute atomic E-state index is 0.104. The number of rotatable bonds is 7. The number of anilines is 1. The van der Waals surface area contributed by atoms with Gasteiger partial charge < -0.3 is 9.16 Å². The molecule has 1 amide bonds. The number of hydrogen-bond donors (Lipinski definition) is 1. The van der Waals surface area contributed by atoms with E-state index in [9.17, 15) is 4.79 Å². The maximum Gasteiger partial charge on any atom is 0.257 e. The highest BCUT2D eigenvalue weighted by atomic mass is 127. The number of amides is 1. The number of hydrogen-bond acceptors (Lipinski definition) is 5. The first-order chi connectivity index (χ1) is 12.5. The molecule has 0 radical (unpaired) electrons. The number of carbonyl (C=O) groups excluding carboxylic acids is 1. The molecule has 27 heavy (non-hydrogen) atoms. The van der Waals surface area contributed by atoms with Crippen LogP contribution in [0, 0.1) is 3.57 Å². The molecule has 0 fully saturated rings. The van der Waals surface area contributed by atoms with Crippen LogP contribution in [0.5, 0.6) is 5.75 Å². The van der Waals surface area contributed by atoms with E-state index >= 15 is 0 Å². The Bertz CT molecular complexity index is 776. The second-order valence-electron chi connectivity index (χ2n) is 7.97. The lowest BCUT2D eigenvalue weighted by molar-refractivity contribution is 0.102. The van der Waals surface area contributed by atoms with E-state index in [-0.39, 0.29) is 17.0 Å². The number of carbonyl (C=O) groups is 1. The van der Waals surface area contributed by atoms with Crippen LogP contribution in [0.4, 0.5) is 5.13 Å². The Morgan fingerprint density at radius 2 is 2.04 bits per heavy atom. The van der Waals surface area contributed by atoms with E-state index < -0.39 is 8.32 Å². The predicted octanol–water partition coefficient (Wildman–Crippen LogP) is 5.79. The molecule has 0 aliphatic carbocycles. The van der Waals surface area contributed by atoms with Gasteiger partial charge in [0.25, 0.3) is 5.91 Å². The van der Waals surface area contributed by atoms with Crippen LogP contribution in [0.1, 0.15) is 38.1 Å². The van der Waals surface area contributed by atoms with E-state index in [1.165, 1.54) is 11.3 Å². The van der Waals surface area contributed by atoms with Crippen molar-refractivity contribution < 1.29 is 14.0 Å². The third-order valence-corrected chi connectivity index (χ3v) is 10.4. The van der Waals surface area contributed by atoms with Gasteiger partial charge in [0.05, 0.1) is 6.61 Å². The van der Waals surface area contributed by atoms with E-state index in [1.807, 2.05) is 24.4 Å². The van der Waals surface area contributed by atoms with E-state index in [0.29, 0.717) is 23.1 Å². The molecule has 0 aliphatic heterocycles. The monoisotopic (exact) mass is 518 g/mol. The highest BCUT2D eigenvalue weighted by Crippen LogP contribution is 2.36. The van der Waals surface area contributed by atoms with Crippen molar-refractivity contribution in [2.24, 2.45) is 0 Å². The Hall–Kier alpha value is -0.973. The van der Waals surface area contributed by atoms with Gasteiger partial charge in [-0.1, -0.05) is 20.8 Å². The van der Waals surface area contributed by atoms with Crippen LogP contribution >= 0.6 is 33.9 Å². The summed E-state index contributed by atoms with van der Waals surface area (Å²) in [5.74, 6) is 0.469. The van der Waals surface area contributed by atoms with Gasteiger partial charge in [0.2, 0.25) is 0 Å². The predicted molar refractivity (Wildman–Crippen MR) is 122 cm³/mol. The first-order valence-electron chi connectivity index (χ1n) is 8.80. The van der Waals surface area contributed by atoms with Crippen molar-refractivity contribution >= 4 is 53.3 Å². The molecule has 8 heteroatoms. The number of nitrogens with zero attached hydrogens (tertiary/aromatic N) is 1. The fraction of sp³-hybridized carbons (Fsp3) is 0.474. The molecule has 0 spiro atoms. The highest BCUT2D eigenvalue weighted by molar-refractivity contribution is 14.1. The summed E-state index contributed by atoms with van der Waals surface area (Å²) in [4.78, 5) is 16.5. The van der Waals surface area contributed by atoms with Crippen molar-refractivity contribution in [2.45, 2.75) is 51.9 Å². The summed E-state index contributed by atoms with van der Waals surface area (Å²) in [7, 11) is -1.81. The molecular weight excluding hydrogens is 491 g/mol. The lowest BCUT2D eigenvalue weighted by Gasteiger charge is -2.36. The zero-order valence-corrected chi connectivity index (χ0v) is 20.6. The van der Waals surface area contributed by atoms with Crippen LogP contribution in [-0.2, 0) is 4.43 Å². The molecule has 1 aromatic heterocycles. The summed E-state index contributed by atoms with van der Waals surface area (Å²) >= 11 is 3.58. The first-order valence-corrected chi connectivity index (χ1v) is 13.7. The lowest BCUT2D eigenvalue weighted by Crippen LogP contribution is -2.43. The van der Waals surface area contributed by atoms with Crippen LogP contribution in [0.2, 0.25) is 18.1 Å². The standard InChI is InChI=1S/C19H27IN2O3SSi/c1-13(12-24-27(5,6)19(2,3)4)25-16-10-14(9-15(20)11-16)17(23)22-18-21-7-8-26-18/h7-11,13H,12H2,1-6H3,(H,21,22,23). The fourth-order valence-corrected chi connectivity index (χ4v) is 4.28. The minimum Gasteiger partial charge on any atom is -0.488 e. The van der Waals surface area contributed by atoms with Crippen molar-refractivity contribution in [3.8, 4) is 5.75 Å². The van der Waals surface area contributed by atoms with Crippen molar-refractivity contribution in [3.05, 3.63) is 38.9 Å². The first kappa shape index (κ1) is 22.3. The summed E-state index contributed by atoms with van der Waals surface area (Å²) in [6.07, 6.45) is 1.56. The Labute approximate surface area is 180 Å². The zero-order valence-electron chi connectivity index (χ0n) is 16.6. The van der Waals surface area contributed by atoms with Crippen LogP contribution in [-0.4, -0.2) is 31.9 Å². The lowest BCUT2D eigenvalue weighted by atomic mass is 10.2. The molecule has 0 bridgehead atoms. The van der Waals surface area contributed by atoms with Crippen LogP contribution in [0.3, 0.4) is 0 Å². The summed E-state index contributed by atoms with van der Waals surface area (Å²) < 4.78 is 13.2. The fourth-order valence-electron chi connectivity index (χ4n) is 2.02. The van der Waals surface area contributed by atoms with Gasteiger partial charge in [-0.3, -0.25) is 10.1 Å². The molecule has 1 atom stereocenters. The van der Waals surface area contributed by atoms with Gasteiger partial charge in [0.15, 0.2) is 13.4 Å². The molecule has 0 saturated carbocycles. The second-order valence-corrected chi connectivity index (χ2v) is 14.9. The topological polar surface area (TPSA) is 60.5 Å². The van der Waals surface area contributed by atoms with E-state index in [4.69, 9.17) is 9.16 Å². The van der Waals surface area contributed by atoms with Gasteiger partial charge in [-0.15, -0.1) is 11.3 Å². The number of nitrogens with one attached hydrogen (secondary N) is 1. The molecule has 2 rings (SSSR count). The smallest absolute Gasteiger partial charge is 0.257 e. The van der Waals surface area contributed by atoms with Gasteiger partial charge >= 0.3 is 0 Å². The summed E-state index contributed by atoms with van der Waals surface area (Å²) in [5.41, 5.74) is 0.546. The van der Waals surface area contributed by atoms with Crippen molar-refractivity contribution in [1.82, 2.24) is 4.98 Å². The van der Waals surface area contributed by atoms with E-state index in [2.05, 4.69) is 66.8 Å². The second kappa shape index (κ2) is 9.02. The number of halogens is 1. The molecule has 0 saturated heterocycles. The van der Waals surface area contributed by atoms with Gasteiger partial charge in [0.1, 0.15) is 11.9 Å². The number of aromatic nitrogens is 1. The molecule has 2 aromatic rings.